The number of carbonyl (C=O) groups is 2. The van der Waals surface area contributed by atoms with Crippen LogP contribution >= 0.6 is 0 Å². The van der Waals surface area contributed by atoms with Gasteiger partial charge in [-0.3, -0.25) is 9.69 Å². The van der Waals surface area contributed by atoms with E-state index in [0.717, 1.165) is 6.39 Å². The number of esters is 1. The smallest absolute Gasteiger partial charge is 0.335 e. The first-order chi connectivity index (χ1) is 8.58. The van der Waals surface area contributed by atoms with Gasteiger partial charge in [0.2, 0.25) is 12.3 Å². The lowest BCUT2D eigenvalue weighted by Crippen LogP contribution is -2.32. The quantitative estimate of drug-likeness (QED) is 0.746. The van der Waals surface area contributed by atoms with Crippen molar-refractivity contribution in [2.75, 3.05) is 4.90 Å². The van der Waals surface area contributed by atoms with Crippen LogP contribution in [0.15, 0.2) is 22.7 Å². The van der Waals surface area contributed by atoms with Crippen molar-refractivity contribution < 1.29 is 18.8 Å². The lowest BCUT2D eigenvalue weighted by Gasteiger charge is -2.21. The highest BCUT2D eigenvalue weighted by Gasteiger charge is 2.26. The normalized spacial score (nSPS) is 15.8. The largest absolute Gasteiger partial charge is 0.460 e. The van der Waals surface area contributed by atoms with Gasteiger partial charge < -0.3 is 9.26 Å². The molecule has 1 aromatic rings. The fourth-order valence-corrected chi connectivity index (χ4v) is 1.54. The number of amides is 1. The summed E-state index contributed by atoms with van der Waals surface area (Å²) in [4.78, 5) is 28.4. The van der Waals surface area contributed by atoms with Crippen LogP contribution in [0.3, 0.4) is 0 Å². The number of rotatable bonds is 3. The Morgan fingerprint density at radius 3 is 2.89 bits per heavy atom. The predicted octanol–water partition coefficient (Wildman–Crippen LogP) is 1.03. The van der Waals surface area contributed by atoms with E-state index >= 15 is 0 Å². The molecular formula is C11H13N3O4. The van der Waals surface area contributed by atoms with Crippen LogP contribution < -0.4 is 4.90 Å². The molecule has 0 fully saturated rings. The summed E-state index contributed by atoms with van der Waals surface area (Å²) in [5.74, 6) is -0.488. The van der Waals surface area contributed by atoms with E-state index in [2.05, 4.69) is 14.7 Å². The third-order valence-electron chi connectivity index (χ3n) is 2.33. The molecule has 0 radical (unpaired) electrons. The Hall–Kier alpha value is -2.18. The zero-order valence-corrected chi connectivity index (χ0v) is 10.1. The molecule has 1 aliphatic heterocycles. The maximum absolute atomic E-state index is 11.7. The number of carbonyl (C=O) groups excluding carboxylic acids is 2. The lowest BCUT2D eigenvalue weighted by atomic mass is 10.1. The molecule has 1 aliphatic rings. The number of anilines is 1. The SMILES string of the molecule is CC(C)OC(=O)C1=CN(c2ncon2)C(=O)CC1. The van der Waals surface area contributed by atoms with Gasteiger partial charge in [-0.2, -0.15) is 4.98 Å². The molecule has 0 aliphatic carbocycles. The van der Waals surface area contributed by atoms with E-state index in [9.17, 15) is 9.59 Å². The molecule has 1 aromatic heterocycles. The highest BCUT2D eigenvalue weighted by Crippen LogP contribution is 2.21. The summed E-state index contributed by atoms with van der Waals surface area (Å²) >= 11 is 0. The maximum Gasteiger partial charge on any atom is 0.335 e. The molecule has 7 nitrogen and oxygen atoms in total. The van der Waals surface area contributed by atoms with Crippen LogP contribution in [0.4, 0.5) is 5.95 Å². The Morgan fingerprint density at radius 1 is 1.50 bits per heavy atom. The fraction of sp³-hybridized carbons (Fsp3) is 0.455. The average Bonchev–Trinajstić information content (AvgIpc) is 2.82. The van der Waals surface area contributed by atoms with Crippen molar-refractivity contribution >= 4 is 17.8 Å². The summed E-state index contributed by atoms with van der Waals surface area (Å²) in [5.41, 5.74) is 0.424. The number of hydrogen-bond donors (Lipinski definition) is 0. The van der Waals surface area contributed by atoms with E-state index in [1.165, 1.54) is 11.1 Å². The van der Waals surface area contributed by atoms with Gasteiger partial charge in [0.25, 0.3) is 5.95 Å². The van der Waals surface area contributed by atoms with E-state index < -0.39 is 5.97 Å². The van der Waals surface area contributed by atoms with Gasteiger partial charge in [0.05, 0.1) is 11.7 Å². The average molecular weight is 251 g/mol. The number of hydrogen-bond acceptors (Lipinski definition) is 6. The van der Waals surface area contributed by atoms with Gasteiger partial charge in [0.1, 0.15) is 0 Å². The zero-order valence-electron chi connectivity index (χ0n) is 10.1. The molecule has 2 heterocycles. The zero-order chi connectivity index (χ0) is 13.1. The second-order valence-corrected chi connectivity index (χ2v) is 4.10. The second-order valence-electron chi connectivity index (χ2n) is 4.10. The molecule has 0 N–H and O–H groups in total. The van der Waals surface area contributed by atoms with Gasteiger partial charge in [-0.1, -0.05) is 0 Å². The van der Waals surface area contributed by atoms with Gasteiger partial charge in [-0.05, 0) is 25.4 Å². The summed E-state index contributed by atoms with van der Waals surface area (Å²) in [6, 6.07) is 0. The van der Waals surface area contributed by atoms with Crippen LogP contribution in [-0.4, -0.2) is 28.1 Å². The van der Waals surface area contributed by atoms with Crippen molar-refractivity contribution in [2.45, 2.75) is 32.8 Å². The van der Waals surface area contributed by atoms with Gasteiger partial charge in [0, 0.05) is 12.6 Å². The Labute approximate surface area is 103 Å². The molecule has 1 amide bonds. The van der Waals surface area contributed by atoms with Gasteiger partial charge in [0.15, 0.2) is 0 Å². The summed E-state index contributed by atoms with van der Waals surface area (Å²) < 4.78 is 9.66. The molecule has 96 valence electrons. The van der Waals surface area contributed by atoms with Crippen LogP contribution in [0.25, 0.3) is 0 Å². The Bertz CT molecular complexity index is 478. The standard InChI is InChI=1S/C11H13N3O4/c1-7(2)18-10(16)8-3-4-9(15)14(5-8)11-12-6-17-13-11/h5-7H,3-4H2,1-2H3. The summed E-state index contributed by atoms with van der Waals surface area (Å²) in [5, 5.41) is 3.57. The first kappa shape index (κ1) is 12.3. The minimum atomic E-state index is -0.425. The van der Waals surface area contributed by atoms with Crippen LogP contribution in [0.2, 0.25) is 0 Å². The Balaban J connectivity index is 2.20. The Kier molecular flexibility index (Phi) is 3.40. The number of ether oxygens (including phenoxy) is 1. The molecule has 0 saturated heterocycles. The number of nitrogens with zero attached hydrogens (tertiary/aromatic N) is 3. The van der Waals surface area contributed by atoms with E-state index in [1.54, 1.807) is 13.8 Å². The van der Waals surface area contributed by atoms with Crippen molar-refractivity contribution in [3.63, 3.8) is 0 Å². The van der Waals surface area contributed by atoms with Crippen LogP contribution in [0.1, 0.15) is 26.7 Å². The van der Waals surface area contributed by atoms with Crippen LogP contribution in [0, 0.1) is 0 Å². The van der Waals surface area contributed by atoms with Crippen molar-refractivity contribution in [2.24, 2.45) is 0 Å². The molecule has 18 heavy (non-hydrogen) atoms. The third kappa shape index (κ3) is 2.55. The molecule has 0 atom stereocenters. The third-order valence-corrected chi connectivity index (χ3v) is 2.33. The van der Waals surface area contributed by atoms with Crippen molar-refractivity contribution in [1.29, 1.82) is 0 Å². The molecule has 2 rings (SSSR count). The molecule has 7 heteroatoms. The molecule has 0 aromatic carbocycles. The monoisotopic (exact) mass is 251 g/mol. The van der Waals surface area contributed by atoms with E-state index in [1.807, 2.05) is 0 Å². The van der Waals surface area contributed by atoms with E-state index in [4.69, 9.17) is 4.74 Å². The fourth-order valence-electron chi connectivity index (χ4n) is 1.54. The minimum Gasteiger partial charge on any atom is -0.460 e. The first-order valence-electron chi connectivity index (χ1n) is 5.58. The molecule has 0 spiro atoms. The second kappa shape index (κ2) is 4.99. The molecule has 0 unspecified atom stereocenters. The summed E-state index contributed by atoms with van der Waals surface area (Å²) in [6.07, 6.45) is 2.90. The maximum atomic E-state index is 11.7. The Morgan fingerprint density at radius 2 is 2.28 bits per heavy atom. The minimum absolute atomic E-state index is 0.120. The van der Waals surface area contributed by atoms with E-state index in [0.29, 0.717) is 12.0 Å². The molecule has 0 saturated carbocycles. The first-order valence-corrected chi connectivity index (χ1v) is 5.58. The highest BCUT2D eigenvalue weighted by atomic mass is 16.5. The van der Waals surface area contributed by atoms with E-state index in [-0.39, 0.29) is 24.4 Å². The van der Waals surface area contributed by atoms with Gasteiger partial charge in [-0.15, -0.1) is 0 Å². The highest BCUT2D eigenvalue weighted by molar-refractivity contribution is 5.99. The molecule has 0 bridgehead atoms. The van der Waals surface area contributed by atoms with Gasteiger partial charge in [-0.25, -0.2) is 4.79 Å². The lowest BCUT2D eigenvalue weighted by molar-refractivity contribution is -0.142. The van der Waals surface area contributed by atoms with Crippen molar-refractivity contribution in [1.82, 2.24) is 10.1 Å². The molecular weight excluding hydrogens is 238 g/mol. The summed E-state index contributed by atoms with van der Waals surface area (Å²) in [6.45, 7) is 3.53. The van der Waals surface area contributed by atoms with Crippen LogP contribution in [0.5, 0.6) is 0 Å². The van der Waals surface area contributed by atoms with Gasteiger partial charge >= 0.3 is 5.97 Å². The summed E-state index contributed by atoms with van der Waals surface area (Å²) in [7, 11) is 0. The van der Waals surface area contributed by atoms with Crippen molar-refractivity contribution in [3.8, 4) is 0 Å². The van der Waals surface area contributed by atoms with Crippen molar-refractivity contribution in [3.05, 3.63) is 18.2 Å². The predicted molar refractivity (Wildman–Crippen MR) is 60.3 cm³/mol. The topological polar surface area (TPSA) is 85.5 Å². The van der Waals surface area contributed by atoms with Crippen LogP contribution in [-0.2, 0) is 14.3 Å². The number of aromatic nitrogens is 2.